The number of carbonyl (C=O) groups is 1. The Labute approximate surface area is 126 Å². The molecular weight excluding hydrogens is 340 g/mol. The van der Waals surface area contributed by atoms with Gasteiger partial charge in [-0.25, -0.2) is 0 Å². The molecule has 0 spiro atoms. The number of aromatic nitrogens is 1. The molecule has 20 heavy (non-hydrogen) atoms. The van der Waals surface area contributed by atoms with Crippen LogP contribution in [-0.4, -0.2) is 10.9 Å². The molecule has 1 amide bonds. The molecule has 0 fully saturated rings. The molecular formula is C14H9BrN2O2S. The van der Waals surface area contributed by atoms with Crippen LogP contribution in [-0.2, 0) is 0 Å². The van der Waals surface area contributed by atoms with E-state index in [9.17, 15) is 9.59 Å². The van der Waals surface area contributed by atoms with Crippen LogP contribution >= 0.6 is 27.3 Å². The van der Waals surface area contributed by atoms with Gasteiger partial charge < -0.3 is 10.3 Å². The number of rotatable bonds is 2. The minimum Gasteiger partial charge on any atom is -0.322 e. The van der Waals surface area contributed by atoms with E-state index in [-0.39, 0.29) is 10.8 Å². The summed E-state index contributed by atoms with van der Waals surface area (Å²) in [6.45, 7) is 0. The lowest BCUT2D eigenvalue weighted by Gasteiger charge is -2.05. The lowest BCUT2D eigenvalue weighted by molar-refractivity contribution is 0.102. The van der Waals surface area contributed by atoms with Crippen molar-refractivity contribution >= 4 is 49.1 Å². The summed E-state index contributed by atoms with van der Waals surface area (Å²) in [7, 11) is 0. The van der Waals surface area contributed by atoms with E-state index in [4.69, 9.17) is 0 Å². The van der Waals surface area contributed by atoms with E-state index in [1.807, 2.05) is 12.1 Å². The van der Waals surface area contributed by atoms with Crippen LogP contribution in [0.1, 0.15) is 10.4 Å². The van der Waals surface area contributed by atoms with E-state index in [0.717, 1.165) is 26.0 Å². The van der Waals surface area contributed by atoms with Crippen molar-refractivity contribution in [2.24, 2.45) is 0 Å². The van der Waals surface area contributed by atoms with Crippen molar-refractivity contribution in [2.75, 3.05) is 5.32 Å². The van der Waals surface area contributed by atoms with Crippen LogP contribution in [0.4, 0.5) is 5.69 Å². The summed E-state index contributed by atoms with van der Waals surface area (Å²) in [6.07, 6.45) is 0. The Morgan fingerprint density at radius 2 is 1.90 bits per heavy atom. The van der Waals surface area contributed by atoms with Gasteiger partial charge in [0.15, 0.2) is 0 Å². The average Bonchev–Trinajstić information content (AvgIpc) is 2.78. The summed E-state index contributed by atoms with van der Waals surface area (Å²) in [5.41, 5.74) is 2.03. The fourth-order valence-corrected chi connectivity index (χ4v) is 2.87. The lowest BCUT2D eigenvalue weighted by atomic mass is 10.2. The predicted octanol–water partition coefficient (Wildman–Crippen LogP) is 3.60. The van der Waals surface area contributed by atoms with Gasteiger partial charge in [-0.3, -0.25) is 9.59 Å². The molecule has 0 aliphatic heterocycles. The highest BCUT2D eigenvalue weighted by atomic mass is 79.9. The second-order valence-corrected chi connectivity index (χ2v) is 6.12. The number of fused-ring (bicyclic) bond motifs is 1. The Hall–Kier alpha value is -1.92. The molecule has 3 aromatic rings. The zero-order valence-electron chi connectivity index (χ0n) is 10.1. The minimum absolute atomic E-state index is 0.101. The van der Waals surface area contributed by atoms with Crippen LogP contribution in [0, 0.1) is 0 Å². The fourth-order valence-electron chi connectivity index (χ4n) is 1.83. The first-order valence-corrected chi connectivity index (χ1v) is 7.42. The molecule has 2 aromatic carbocycles. The number of halogens is 1. The van der Waals surface area contributed by atoms with Crippen molar-refractivity contribution in [1.82, 2.24) is 4.98 Å². The molecule has 0 aliphatic carbocycles. The molecule has 2 N–H and O–H groups in total. The SMILES string of the molecule is O=C(Nc1ccc2[nH]c(=O)sc2c1)c1ccc(Br)cc1. The molecule has 0 saturated carbocycles. The van der Waals surface area contributed by atoms with Crippen molar-refractivity contribution in [2.45, 2.75) is 0 Å². The van der Waals surface area contributed by atoms with Gasteiger partial charge in [-0.15, -0.1) is 0 Å². The van der Waals surface area contributed by atoms with E-state index in [0.29, 0.717) is 11.3 Å². The van der Waals surface area contributed by atoms with Crippen molar-refractivity contribution in [3.05, 3.63) is 62.2 Å². The Kier molecular flexibility index (Phi) is 3.42. The number of benzene rings is 2. The molecule has 0 aliphatic rings. The number of aromatic amines is 1. The van der Waals surface area contributed by atoms with Gasteiger partial charge in [0.05, 0.1) is 10.2 Å². The third-order valence-electron chi connectivity index (χ3n) is 2.79. The van der Waals surface area contributed by atoms with Gasteiger partial charge in [0.2, 0.25) is 0 Å². The number of hydrogen-bond donors (Lipinski definition) is 2. The van der Waals surface area contributed by atoms with Gasteiger partial charge in [0.1, 0.15) is 0 Å². The summed E-state index contributed by atoms with van der Waals surface area (Å²) in [5, 5.41) is 2.82. The maximum absolute atomic E-state index is 12.1. The van der Waals surface area contributed by atoms with Gasteiger partial charge in [-0.2, -0.15) is 0 Å². The van der Waals surface area contributed by atoms with E-state index < -0.39 is 0 Å². The number of H-pyrrole nitrogens is 1. The Bertz CT molecular complexity index is 836. The number of thiazole rings is 1. The predicted molar refractivity (Wildman–Crippen MR) is 84.5 cm³/mol. The summed E-state index contributed by atoms with van der Waals surface area (Å²) >= 11 is 4.45. The van der Waals surface area contributed by atoms with Crippen molar-refractivity contribution in [3.8, 4) is 0 Å². The summed E-state index contributed by atoms with van der Waals surface area (Å²) in [5.74, 6) is -0.181. The van der Waals surface area contributed by atoms with Crippen LogP contribution in [0.15, 0.2) is 51.7 Å². The molecule has 1 aromatic heterocycles. The molecule has 3 rings (SSSR count). The third-order valence-corrected chi connectivity index (χ3v) is 4.16. The Morgan fingerprint density at radius 3 is 2.65 bits per heavy atom. The summed E-state index contributed by atoms with van der Waals surface area (Å²) in [4.78, 5) is 25.9. The molecule has 0 saturated heterocycles. The molecule has 0 radical (unpaired) electrons. The fraction of sp³-hybridized carbons (Fsp3) is 0. The van der Waals surface area contributed by atoms with Crippen LogP contribution in [0.3, 0.4) is 0 Å². The monoisotopic (exact) mass is 348 g/mol. The van der Waals surface area contributed by atoms with Gasteiger partial charge in [-0.05, 0) is 42.5 Å². The standard InChI is InChI=1S/C14H9BrN2O2S/c15-9-3-1-8(2-4-9)13(18)16-10-5-6-11-12(7-10)20-14(19)17-11/h1-7H,(H,16,18)(H,17,19). The normalized spacial score (nSPS) is 10.7. The average molecular weight is 349 g/mol. The van der Waals surface area contributed by atoms with Crippen molar-refractivity contribution < 1.29 is 4.79 Å². The van der Waals surface area contributed by atoms with E-state index in [1.54, 1.807) is 30.3 Å². The Balaban J connectivity index is 1.86. The largest absolute Gasteiger partial charge is 0.322 e. The first kappa shape index (κ1) is 13.1. The number of carbonyl (C=O) groups excluding carboxylic acids is 1. The topological polar surface area (TPSA) is 62.0 Å². The van der Waals surface area contributed by atoms with E-state index in [2.05, 4.69) is 26.2 Å². The quantitative estimate of drug-likeness (QED) is 0.743. The third kappa shape index (κ3) is 2.66. The van der Waals surface area contributed by atoms with Gasteiger partial charge in [0.25, 0.3) is 5.91 Å². The zero-order valence-corrected chi connectivity index (χ0v) is 12.5. The molecule has 0 unspecified atom stereocenters. The zero-order chi connectivity index (χ0) is 14.1. The van der Waals surface area contributed by atoms with E-state index in [1.165, 1.54) is 0 Å². The molecule has 0 bridgehead atoms. The highest BCUT2D eigenvalue weighted by Gasteiger charge is 2.07. The minimum atomic E-state index is -0.181. The first-order valence-electron chi connectivity index (χ1n) is 5.81. The number of anilines is 1. The number of amides is 1. The van der Waals surface area contributed by atoms with Crippen molar-refractivity contribution in [3.63, 3.8) is 0 Å². The first-order chi connectivity index (χ1) is 9.61. The highest BCUT2D eigenvalue weighted by Crippen LogP contribution is 2.20. The smallest absolute Gasteiger partial charge is 0.305 e. The van der Waals surface area contributed by atoms with Gasteiger partial charge in [-0.1, -0.05) is 27.3 Å². The maximum atomic E-state index is 12.1. The van der Waals surface area contributed by atoms with Gasteiger partial charge >= 0.3 is 4.87 Å². The van der Waals surface area contributed by atoms with E-state index >= 15 is 0 Å². The second-order valence-electron chi connectivity index (χ2n) is 4.19. The molecule has 1 heterocycles. The van der Waals surface area contributed by atoms with Crippen LogP contribution in [0.5, 0.6) is 0 Å². The Morgan fingerprint density at radius 1 is 1.15 bits per heavy atom. The molecule has 6 heteroatoms. The number of hydrogen-bond acceptors (Lipinski definition) is 3. The summed E-state index contributed by atoms with van der Waals surface area (Å²) in [6, 6.07) is 12.5. The van der Waals surface area contributed by atoms with Crippen LogP contribution in [0.2, 0.25) is 0 Å². The molecule has 4 nitrogen and oxygen atoms in total. The van der Waals surface area contributed by atoms with Crippen LogP contribution < -0.4 is 10.2 Å². The lowest BCUT2D eigenvalue weighted by Crippen LogP contribution is -2.11. The molecule has 0 atom stereocenters. The van der Waals surface area contributed by atoms with Crippen molar-refractivity contribution in [1.29, 1.82) is 0 Å². The van der Waals surface area contributed by atoms with Gasteiger partial charge in [0, 0.05) is 15.7 Å². The van der Waals surface area contributed by atoms with Crippen LogP contribution in [0.25, 0.3) is 10.2 Å². The number of nitrogens with one attached hydrogen (secondary N) is 2. The second kappa shape index (κ2) is 5.22. The molecule has 100 valence electrons. The highest BCUT2D eigenvalue weighted by molar-refractivity contribution is 9.10. The maximum Gasteiger partial charge on any atom is 0.305 e. The summed E-state index contributed by atoms with van der Waals surface area (Å²) < 4.78 is 1.75.